The SMILES string of the molecule is O=C(CCCn1c(=O)oc2ccccc21)NC1CCN(C(=O)c2ccco2)CC1. The third-order valence-corrected chi connectivity index (χ3v) is 5.24. The van der Waals surface area contributed by atoms with Gasteiger partial charge in [-0.25, -0.2) is 4.79 Å². The van der Waals surface area contributed by atoms with E-state index in [0.717, 1.165) is 5.52 Å². The van der Waals surface area contributed by atoms with Crippen molar-refractivity contribution in [2.24, 2.45) is 0 Å². The van der Waals surface area contributed by atoms with Crippen molar-refractivity contribution in [1.82, 2.24) is 14.8 Å². The average Bonchev–Trinajstić information content (AvgIpc) is 3.36. The summed E-state index contributed by atoms with van der Waals surface area (Å²) in [6, 6.07) is 10.7. The van der Waals surface area contributed by atoms with E-state index >= 15 is 0 Å². The minimum absolute atomic E-state index is 0.0401. The molecule has 3 aromatic rings. The molecule has 1 aromatic carbocycles. The summed E-state index contributed by atoms with van der Waals surface area (Å²) < 4.78 is 11.9. The number of piperidine rings is 1. The highest BCUT2D eigenvalue weighted by atomic mass is 16.4. The summed E-state index contributed by atoms with van der Waals surface area (Å²) in [6.45, 7) is 1.60. The van der Waals surface area contributed by atoms with Crippen LogP contribution in [0.1, 0.15) is 36.2 Å². The zero-order valence-corrected chi connectivity index (χ0v) is 16.0. The Hall–Kier alpha value is -3.29. The molecule has 152 valence electrons. The number of aromatic nitrogens is 1. The Labute approximate surface area is 167 Å². The third kappa shape index (κ3) is 4.26. The van der Waals surface area contributed by atoms with Crippen molar-refractivity contribution in [3.63, 3.8) is 0 Å². The molecule has 1 aliphatic rings. The number of hydrogen-bond donors (Lipinski definition) is 1. The van der Waals surface area contributed by atoms with Crippen LogP contribution in [0.15, 0.2) is 56.3 Å². The summed E-state index contributed by atoms with van der Waals surface area (Å²) in [6.07, 6.45) is 3.79. The van der Waals surface area contributed by atoms with Gasteiger partial charge in [0.2, 0.25) is 5.91 Å². The molecule has 8 heteroatoms. The first kappa shape index (κ1) is 19.0. The van der Waals surface area contributed by atoms with Crippen molar-refractivity contribution in [1.29, 1.82) is 0 Å². The van der Waals surface area contributed by atoms with Crippen LogP contribution in [-0.4, -0.2) is 40.4 Å². The highest BCUT2D eigenvalue weighted by Crippen LogP contribution is 2.15. The number of rotatable bonds is 6. The Morgan fingerprint density at radius 1 is 1.10 bits per heavy atom. The monoisotopic (exact) mass is 397 g/mol. The summed E-state index contributed by atoms with van der Waals surface area (Å²) in [5, 5.41) is 3.03. The lowest BCUT2D eigenvalue weighted by molar-refractivity contribution is -0.122. The lowest BCUT2D eigenvalue weighted by Gasteiger charge is -2.31. The molecule has 0 atom stereocenters. The van der Waals surface area contributed by atoms with E-state index in [-0.39, 0.29) is 17.9 Å². The molecule has 0 radical (unpaired) electrons. The van der Waals surface area contributed by atoms with E-state index in [4.69, 9.17) is 8.83 Å². The van der Waals surface area contributed by atoms with Crippen molar-refractivity contribution in [2.75, 3.05) is 13.1 Å². The lowest BCUT2D eigenvalue weighted by atomic mass is 10.0. The van der Waals surface area contributed by atoms with Crippen LogP contribution in [0.2, 0.25) is 0 Å². The van der Waals surface area contributed by atoms with Crippen molar-refractivity contribution >= 4 is 22.9 Å². The molecule has 4 rings (SSSR count). The molecule has 8 nitrogen and oxygen atoms in total. The number of nitrogens with zero attached hydrogens (tertiary/aromatic N) is 2. The fraction of sp³-hybridized carbons (Fsp3) is 0.381. The highest BCUT2D eigenvalue weighted by molar-refractivity contribution is 5.91. The Kier molecular flexibility index (Phi) is 5.50. The minimum atomic E-state index is -0.403. The molecule has 1 N–H and O–H groups in total. The molecule has 3 heterocycles. The van der Waals surface area contributed by atoms with Crippen molar-refractivity contribution in [3.8, 4) is 0 Å². The second-order valence-corrected chi connectivity index (χ2v) is 7.20. The molecule has 0 unspecified atom stereocenters. The molecule has 0 aliphatic carbocycles. The number of oxazole rings is 1. The Bertz CT molecular complexity index is 1040. The van der Waals surface area contributed by atoms with E-state index in [1.807, 2.05) is 18.2 Å². The maximum Gasteiger partial charge on any atom is 0.419 e. The maximum atomic E-state index is 12.3. The molecule has 2 aromatic heterocycles. The summed E-state index contributed by atoms with van der Waals surface area (Å²) in [5.74, 6) is -0.214. The predicted octanol–water partition coefficient (Wildman–Crippen LogP) is 2.39. The van der Waals surface area contributed by atoms with Crippen LogP contribution in [0.25, 0.3) is 11.1 Å². The molecular formula is C21H23N3O5. The van der Waals surface area contributed by atoms with Gasteiger partial charge in [-0.15, -0.1) is 0 Å². The number of nitrogens with one attached hydrogen (secondary N) is 1. The van der Waals surface area contributed by atoms with Gasteiger partial charge in [0, 0.05) is 32.1 Å². The van der Waals surface area contributed by atoms with E-state index in [1.54, 1.807) is 27.7 Å². The van der Waals surface area contributed by atoms with Crippen LogP contribution in [0.5, 0.6) is 0 Å². The molecule has 0 spiro atoms. The Balaban J connectivity index is 1.22. The molecular weight excluding hydrogens is 374 g/mol. The number of carbonyl (C=O) groups is 2. The maximum absolute atomic E-state index is 12.3. The predicted molar refractivity (Wildman–Crippen MR) is 105 cm³/mol. The van der Waals surface area contributed by atoms with E-state index in [2.05, 4.69) is 5.32 Å². The quantitative estimate of drug-likeness (QED) is 0.689. The van der Waals surface area contributed by atoms with Crippen molar-refractivity contribution in [3.05, 3.63) is 59.0 Å². The summed E-state index contributed by atoms with van der Waals surface area (Å²) in [7, 11) is 0. The fourth-order valence-corrected chi connectivity index (χ4v) is 3.71. The number of amides is 2. The number of benzene rings is 1. The Morgan fingerprint density at radius 2 is 1.90 bits per heavy atom. The van der Waals surface area contributed by atoms with Crippen LogP contribution < -0.4 is 11.1 Å². The average molecular weight is 397 g/mol. The van der Waals surface area contributed by atoms with Gasteiger partial charge >= 0.3 is 5.76 Å². The van der Waals surface area contributed by atoms with E-state index in [0.29, 0.717) is 56.7 Å². The second kappa shape index (κ2) is 8.38. The second-order valence-electron chi connectivity index (χ2n) is 7.20. The molecule has 29 heavy (non-hydrogen) atoms. The number of fused-ring (bicyclic) bond motifs is 1. The van der Waals surface area contributed by atoms with Gasteiger partial charge in [-0.2, -0.15) is 0 Å². The van der Waals surface area contributed by atoms with Gasteiger partial charge < -0.3 is 19.1 Å². The normalized spacial score (nSPS) is 15.0. The molecule has 1 fully saturated rings. The number of furan rings is 1. The van der Waals surface area contributed by atoms with Crippen LogP contribution in [0, 0.1) is 0 Å². The highest BCUT2D eigenvalue weighted by Gasteiger charge is 2.25. The first-order valence-corrected chi connectivity index (χ1v) is 9.82. The van der Waals surface area contributed by atoms with E-state index in [9.17, 15) is 14.4 Å². The smallest absolute Gasteiger partial charge is 0.419 e. The summed E-state index contributed by atoms with van der Waals surface area (Å²) in [5.41, 5.74) is 1.30. The van der Waals surface area contributed by atoms with Crippen LogP contribution in [0.4, 0.5) is 0 Å². The van der Waals surface area contributed by atoms with Gasteiger partial charge in [-0.05, 0) is 43.5 Å². The first-order chi connectivity index (χ1) is 14.1. The van der Waals surface area contributed by atoms with Gasteiger partial charge in [0.15, 0.2) is 11.3 Å². The zero-order chi connectivity index (χ0) is 20.2. The topological polar surface area (TPSA) is 97.7 Å². The third-order valence-electron chi connectivity index (χ3n) is 5.24. The summed E-state index contributed by atoms with van der Waals surface area (Å²) >= 11 is 0. The van der Waals surface area contributed by atoms with Crippen molar-refractivity contribution < 1.29 is 18.4 Å². The van der Waals surface area contributed by atoms with Gasteiger partial charge in [0.25, 0.3) is 5.91 Å². The summed E-state index contributed by atoms with van der Waals surface area (Å²) in [4.78, 5) is 38.3. The largest absolute Gasteiger partial charge is 0.459 e. The Morgan fingerprint density at radius 3 is 2.66 bits per heavy atom. The number of hydrogen-bond acceptors (Lipinski definition) is 5. The molecule has 1 aliphatic heterocycles. The standard InChI is InChI=1S/C21H23N3O5/c25-19(8-3-11-24-16-5-1-2-6-17(16)29-21(24)27)22-15-9-12-23(13-10-15)20(26)18-7-4-14-28-18/h1-2,4-7,14-15H,3,8-13H2,(H,22,25). The fourth-order valence-electron chi connectivity index (χ4n) is 3.71. The molecule has 2 amide bonds. The van der Waals surface area contributed by atoms with Crippen LogP contribution in [-0.2, 0) is 11.3 Å². The number of para-hydroxylation sites is 2. The van der Waals surface area contributed by atoms with Gasteiger partial charge in [-0.1, -0.05) is 12.1 Å². The van der Waals surface area contributed by atoms with E-state index < -0.39 is 5.76 Å². The number of carbonyl (C=O) groups excluding carboxylic acids is 2. The lowest BCUT2D eigenvalue weighted by Crippen LogP contribution is -2.46. The van der Waals surface area contributed by atoms with Gasteiger partial charge in [0.1, 0.15) is 0 Å². The van der Waals surface area contributed by atoms with Crippen LogP contribution in [0.3, 0.4) is 0 Å². The number of aryl methyl sites for hydroxylation is 1. The molecule has 0 saturated carbocycles. The minimum Gasteiger partial charge on any atom is -0.459 e. The molecule has 1 saturated heterocycles. The van der Waals surface area contributed by atoms with Crippen molar-refractivity contribution in [2.45, 2.75) is 38.3 Å². The number of likely N-dealkylation sites (tertiary alicyclic amines) is 1. The zero-order valence-electron chi connectivity index (χ0n) is 16.0. The van der Waals surface area contributed by atoms with E-state index in [1.165, 1.54) is 6.26 Å². The molecule has 0 bridgehead atoms. The first-order valence-electron chi connectivity index (χ1n) is 9.82. The van der Waals surface area contributed by atoms with Crippen LogP contribution >= 0.6 is 0 Å². The van der Waals surface area contributed by atoms with Gasteiger partial charge in [-0.3, -0.25) is 14.2 Å². The van der Waals surface area contributed by atoms with Gasteiger partial charge in [0.05, 0.1) is 11.8 Å².